The van der Waals surface area contributed by atoms with Crippen molar-refractivity contribution >= 4 is 23.3 Å². The molecule has 7 heteroatoms. The molecule has 1 aromatic rings. The number of carbonyl (C=O) groups is 2. The van der Waals surface area contributed by atoms with Crippen LogP contribution in [0, 0.1) is 5.82 Å². The molecule has 0 bridgehead atoms. The minimum absolute atomic E-state index is 0.0274. The fourth-order valence-corrected chi connectivity index (χ4v) is 3.27. The van der Waals surface area contributed by atoms with Crippen LogP contribution in [0.5, 0.6) is 0 Å². The summed E-state index contributed by atoms with van der Waals surface area (Å²) in [5.74, 6) is -1.84. The van der Waals surface area contributed by atoms with Crippen molar-refractivity contribution in [1.29, 1.82) is 0 Å². The number of carbonyl (C=O) groups excluding carboxylic acids is 2. The number of halogens is 1. The molecule has 2 aliphatic rings. The second-order valence-corrected chi connectivity index (χ2v) is 6.14. The molecule has 0 unspecified atom stereocenters. The summed E-state index contributed by atoms with van der Waals surface area (Å²) in [5, 5.41) is 0. The first-order valence-corrected chi connectivity index (χ1v) is 8.66. The number of hydrogen-bond donors (Lipinski definition) is 0. The molecule has 0 saturated carbocycles. The molecule has 1 aromatic carbocycles. The van der Waals surface area contributed by atoms with Crippen LogP contribution in [-0.2, 0) is 19.1 Å². The van der Waals surface area contributed by atoms with Gasteiger partial charge in [0, 0.05) is 19.3 Å². The molecular weight excluding hydrogens is 351 g/mol. The van der Waals surface area contributed by atoms with Gasteiger partial charge in [-0.05, 0) is 43.2 Å². The molecule has 2 heterocycles. The third kappa shape index (κ3) is 3.72. The molecule has 0 spiro atoms. The van der Waals surface area contributed by atoms with Crippen LogP contribution in [0.25, 0.3) is 0 Å². The summed E-state index contributed by atoms with van der Waals surface area (Å²) < 4.78 is 23.8. The van der Waals surface area contributed by atoms with E-state index in [0.717, 1.165) is 31.6 Å². The minimum Gasteiger partial charge on any atom is -0.465 e. The van der Waals surface area contributed by atoms with E-state index >= 15 is 0 Å². The van der Waals surface area contributed by atoms with E-state index in [1.165, 1.54) is 37.3 Å². The zero-order valence-corrected chi connectivity index (χ0v) is 15.3. The Balaban J connectivity index is 2.20. The van der Waals surface area contributed by atoms with E-state index < -0.39 is 17.8 Å². The van der Waals surface area contributed by atoms with E-state index in [-0.39, 0.29) is 11.3 Å². The topological polar surface area (TPSA) is 59.1 Å². The maximum Gasteiger partial charge on any atom is 0.355 e. The molecule has 0 radical (unpaired) electrons. The summed E-state index contributed by atoms with van der Waals surface area (Å²) in [7, 11) is 2.46. The van der Waals surface area contributed by atoms with Gasteiger partial charge in [-0.15, -0.1) is 0 Å². The highest BCUT2D eigenvalue weighted by Gasteiger charge is 2.30. The van der Waals surface area contributed by atoms with Crippen molar-refractivity contribution in [3.63, 3.8) is 0 Å². The van der Waals surface area contributed by atoms with Crippen molar-refractivity contribution in [1.82, 2.24) is 0 Å². The van der Waals surface area contributed by atoms with Crippen LogP contribution in [0.2, 0.25) is 0 Å². The van der Waals surface area contributed by atoms with E-state index in [1.807, 2.05) is 0 Å². The number of methoxy groups -OCH3 is 2. The molecule has 0 aliphatic carbocycles. The van der Waals surface area contributed by atoms with Crippen LogP contribution in [0.15, 0.2) is 53.9 Å². The molecular formula is C20H21FN2O4. The second-order valence-electron chi connectivity index (χ2n) is 6.14. The van der Waals surface area contributed by atoms with Crippen molar-refractivity contribution in [3.8, 4) is 0 Å². The lowest BCUT2D eigenvalue weighted by Crippen LogP contribution is -2.29. The van der Waals surface area contributed by atoms with E-state index in [9.17, 15) is 14.0 Å². The van der Waals surface area contributed by atoms with Crippen molar-refractivity contribution < 1.29 is 23.5 Å². The van der Waals surface area contributed by atoms with Gasteiger partial charge in [0.2, 0.25) is 0 Å². The van der Waals surface area contributed by atoms with Crippen LogP contribution in [-0.4, -0.2) is 39.2 Å². The quantitative estimate of drug-likeness (QED) is 0.758. The highest BCUT2D eigenvalue weighted by atomic mass is 19.1. The fourth-order valence-electron chi connectivity index (χ4n) is 3.27. The maximum atomic E-state index is 14.1. The molecule has 0 atom stereocenters. The Bertz CT molecular complexity index is 838. The van der Waals surface area contributed by atoms with Crippen molar-refractivity contribution in [3.05, 3.63) is 59.7 Å². The molecule has 3 rings (SSSR count). The molecule has 2 aliphatic heterocycles. The van der Waals surface area contributed by atoms with Crippen LogP contribution in [0.3, 0.4) is 0 Å². The Labute approximate surface area is 157 Å². The van der Waals surface area contributed by atoms with Crippen molar-refractivity contribution in [2.45, 2.75) is 12.8 Å². The van der Waals surface area contributed by atoms with Crippen LogP contribution in [0.1, 0.15) is 12.8 Å². The van der Waals surface area contributed by atoms with Gasteiger partial charge in [-0.25, -0.2) is 14.0 Å². The zero-order chi connectivity index (χ0) is 19.4. The molecule has 0 aromatic heterocycles. The highest BCUT2D eigenvalue weighted by Crippen LogP contribution is 2.36. The third-order valence-corrected chi connectivity index (χ3v) is 4.53. The third-order valence-electron chi connectivity index (χ3n) is 4.53. The summed E-state index contributed by atoms with van der Waals surface area (Å²) in [6.45, 7) is 1.69. The number of nitrogens with zero attached hydrogens (tertiary/aromatic N) is 2. The maximum absolute atomic E-state index is 14.1. The van der Waals surface area contributed by atoms with Gasteiger partial charge in [0.25, 0.3) is 0 Å². The minimum atomic E-state index is -0.719. The number of hydrogen-bond acceptors (Lipinski definition) is 6. The summed E-state index contributed by atoms with van der Waals surface area (Å²) in [6.07, 6.45) is 8.45. The Morgan fingerprint density at radius 3 is 2.37 bits per heavy atom. The Hall–Kier alpha value is -3.09. The van der Waals surface area contributed by atoms with Gasteiger partial charge in [-0.2, -0.15) is 0 Å². The largest absolute Gasteiger partial charge is 0.465 e. The number of rotatable bonds is 4. The van der Waals surface area contributed by atoms with Crippen LogP contribution < -0.4 is 9.80 Å². The average Bonchev–Trinajstić information content (AvgIpc) is 3.12. The number of benzene rings is 1. The molecule has 142 valence electrons. The summed E-state index contributed by atoms with van der Waals surface area (Å²) in [4.78, 5) is 28.4. The Morgan fingerprint density at radius 1 is 1.00 bits per heavy atom. The lowest BCUT2D eigenvalue weighted by Gasteiger charge is -2.29. The van der Waals surface area contributed by atoms with Crippen LogP contribution >= 0.6 is 0 Å². The first kappa shape index (κ1) is 18.7. The summed E-state index contributed by atoms with van der Waals surface area (Å²) in [6, 6.07) is 4.43. The molecule has 6 nitrogen and oxygen atoms in total. The van der Waals surface area contributed by atoms with Gasteiger partial charge in [-0.1, -0.05) is 6.08 Å². The van der Waals surface area contributed by atoms with E-state index in [1.54, 1.807) is 24.4 Å². The van der Waals surface area contributed by atoms with Gasteiger partial charge in [0.05, 0.1) is 31.2 Å². The first-order chi connectivity index (χ1) is 13.1. The predicted molar refractivity (Wildman–Crippen MR) is 99.7 cm³/mol. The zero-order valence-electron chi connectivity index (χ0n) is 15.3. The molecule has 27 heavy (non-hydrogen) atoms. The van der Waals surface area contributed by atoms with Gasteiger partial charge in [0.1, 0.15) is 11.5 Å². The van der Waals surface area contributed by atoms with Crippen molar-refractivity contribution in [2.75, 3.05) is 37.1 Å². The lowest BCUT2D eigenvalue weighted by molar-refractivity contribution is -0.139. The number of esters is 2. The van der Waals surface area contributed by atoms with Crippen molar-refractivity contribution in [2.24, 2.45) is 0 Å². The van der Waals surface area contributed by atoms with Gasteiger partial charge < -0.3 is 19.3 Å². The van der Waals surface area contributed by atoms with E-state index in [0.29, 0.717) is 5.69 Å². The fraction of sp³-hybridized carbons (Fsp3) is 0.300. The number of allylic oxidation sites excluding steroid dienone is 2. The smallest absolute Gasteiger partial charge is 0.355 e. The Morgan fingerprint density at radius 2 is 1.70 bits per heavy atom. The normalized spacial score (nSPS) is 16.6. The predicted octanol–water partition coefficient (Wildman–Crippen LogP) is 2.92. The van der Waals surface area contributed by atoms with E-state index in [2.05, 4.69) is 4.90 Å². The van der Waals surface area contributed by atoms with Gasteiger partial charge in [0.15, 0.2) is 0 Å². The first-order valence-electron chi connectivity index (χ1n) is 8.66. The van der Waals surface area contributed by atoms with E-state index in [4.69, 9.17) is 9.47 Å². The second kappa shape index (κ2) is 8.07. The SMILES string of the molecule is COC(=O)C1=C(C(=O)OC)N(c2cc(F)ccc2N2CCCC2)C=CC=C1. The van der Waals surface area contributed by atoms with Gasteiger partial charge in [-0.3, -0.25) is 0 Å². The van der Waals surface area contributed by atoms with Crippen LogP contribution in [0.4, 0.5) is 15.8 Å². The monoisotopic (exact) mass is 372 g/mol. The molecule has 1 fully saturated rings. The average molecular weight is 372 g/mol. The standard InChI is InChI=1S/C20H21FN2O4/c1-26-19(24)15-7-3-4-12-23(18(15)20(25)27-2)17-13-14(21)8-9-16(17)22-10-5-6-11-22/h3-4,7-9,12-13H,5-6,10-11H2,1-2H3. The number of anilines is 2. The summed E-state index contributed by atoms with van der Waals surface area (Å²) >= 11 is 0. The summed E-state index contributed by atoms with van der Waals surface area (Å²) in [5.41, 5.74) is 1.25. The number of ether oxygens (including phenoxy) is 2. The molecule has 0 amide bonds. The Kier molecular flexibility index (Phi) is 5.59. The molecule has 1 saturated heterocycles. The highest BCUT2D eigenvalue weighted by molar-refractivity contribution is 6.06. The van der Waals surface area contributed by atoms with Gasteiger partial charge >= 0.3 is 11.9 Å². The lowest BCUT2D eigenvalue weighted by atomic mass is 10.1. The molecule has 0 N–H and O–H groups in total.